The Morgan fingerprint density at radius 3 is 2.70 bits per heavy atom. The van der Waals surface area contributed by atoms with E-state index in [9.17, 15) is 9.90 Å². The number of nitrogens with one attached hydrogen (secondary N) is 1. The van der Waals surface area contributed by atoms with Crippen molar-refractivity contribution in [2.24, 2.45) is 4.99 Å². The van der Waals surface area contributed by atoms with E-state index >= 15 is 0 Å². The van der Waals surface area contributed by atoms with Crippen molar-refractivity contribution in [3.8, 4) is 0 Å². The van der Waals surface area contributed by atoms with Crippen LogP contribution in [0.1, 0.15) is 23.1 Å². The highest BCUT2D eigenvalue weighted by Gasteiger charge is 2.54. The average molecular weight is 444 g/mol. The van der Waals surface area contributed by atoms with E-state index in [2.05, 4.69) is 21.2 Å². The number of halogens is 1. The molecule has 0 bridgehead atoms. The zero-order valence-electron chi connectivity index (χ0n) is 14.6. The van der Waals surface area contributed by atoms with Crippen LogP contribution in [0.3, 0.4) is 0 Å². The van der Waals surface area contributed by atoms with E-state index in [1.807, 2.05) is 55.5 Å². The normalized spacial score (nSPS) is 24.2. The van der Waals surface area contributed by atoms with E-state index in [0.29, 0.717) is 23.9 Å². The van der Waals surface area contributed by atoms with Gasteiger partial charge in [0.1, 0.15) is 17.4 Å². The summed E-state index contributed by atoms with van der Waals surface area (Å²) < 4.78 is 0.934. The van der Waals surface area contributed by atoms with Gasteiger partial charge >= 0.3 is 5.97 Å². The molecule has 4 rings (SSSR count). The number of aliphatic carboxylic acids is 1. The van der Waals surface area contributed by atoms with Crippen LogP contribution in [0.25, 0.3) is 0 Å². The number of hydrogen-bond donors (Lipinski definition) is 2. The number of carbonyl (C=O) groups is 1. The van der Waals surface area contributed by atoms with Crippen molar-refractivity contribution >= 4 is 45.1 Å². The number of thiocarbonyl (C=S) groups is 1. The van der Waals surface area contributed by atoms with Gasteiger partial charge in [0, 0.05) is 11.0 Å². The standard InChI is InChI=1S/C20H18BrN3O2S/c1-12-5-7-13(8-6-12)20(14-3-2-4-15(21)11-14)18-22-10-9-16(17(25)26)24(18)19(27)23-20/h2-8,11,16H,9-10H2,1H3,(H,23,27)(H,25,26)/t16-,20?/m0/s1. The minimum atomic E-state index is -0.888. The van der Waals surface area contributed by atoms with E-state index in [0.717, 1.165) is 21.2 Å². The van der Waals surface area contributed by atoms with Gasteiger partial charge in [-0.2, -0.15) is 0 Å². The molecule has 0 amide bonds. The predicted octanol–water partition coefficient (Wildman–Crippen LogP) is 3.45. The number of nitrogens with zero attached hydrogens (tertiary/aromatic N) is 2. The first-order valence-corrected chi connectivity index (χ1v) is 9.86. The van der Waals surface area contributed by atoms with Crippen molar-refractivity contribution in [3.63, 3.8) is 0 Å². The summed E-state index contributed by atoms with van der Waals surface area (Å²) in [5.41, 5.74) is 2.26. The first kappa shape index (κ1) is 18.1. The second kappa shape index (κ2) is 6.73. The first-order valence-electron chi connectivity index (χ1n) is 8.66. The number of aryl methyl sites for hydroxylation is 1. The van der Waals surface area contributed by atoms with Crippen molar-refractivity contribution in [3.05, 3.63) is 69.7 Å². The van der Waals surface area contributed by atoms with Crippen molar-refractivity contribution in [1.82, 2.24) is 10.2 Å². The molecule has 2 aliphatic heterocycles. The van der Waals surface area contributed by atoms with Gasteiger partial charge in [0.15, 0.2) is 5.11 Å². The Morgan fingerprint density at radius 2 is 2.04 bits per heavy atom. The summed E-state index contributed by atoms with van der Waals surface area (Å²) in [7, 11) is 0. The van der Waals surface area contributed by atoms with E-state index in [1.54, 1.807) is 4.90 Å². The molecule has 2 atom stereocenters. The van der Waals surface area contributed by atoms with Gasteiger partial charge in [-0.05, 0) is 48.8 Å². The van der Waals surface area contributed by atoms with Crippen molar-refractivity contribution < 1.29 is 9.90 Å². The Labute approximate surface area is 171 Å². The van der Waals surface area contributed by atoms with E-state index in [1.165, 1.54) is 0 Å². The lowest BCUT2D eigenvalue weighted by atomic mass is 9.81. The third-order valence-electron chi connectivity index (χ3n) is 5.08. The monoisotopic (exact) mass is 443 g/mol. The molecule has 2 N–H and O–H groups in total. The van der Waals surface area contributed by atoms with Crippen LogP contribution in [-0.2, 0) is 10.3 Å². The Kier molecular flexibility index (Phi) is 4.52. The van der Waals surface area contributed by atoms with Crippen molar-refractivity contribution in [2.75, 3.05) is 6.54 Å². The Bertz CT molecular complexity index is 960. The van der Waals surface area contributed by atoms with Crippen LogP contribution < -0.4 is 5.32 Å². The minimum Gasteiger partial charge on any atom is -0.480 e. The zero-order valence-corrected chi connectivity index (χ0v) is 17.0. The van der Waals surface area contributed by atoms with E-state index in [-0.39, 0.29) is 0 Å². The van der Waals surface area contributed by atoms with Crippen LogP contribution in [-0.4, -0.2) is 39.5 Å². The SMILES string of the molecule is Cc1ccc(C2(c3cccc(Br)c3)NC(=S)N3C2=NCC[C@H]3C(=O)O)cc1. The second-order valence-electron chi connectivity index (χ2n) is 6.77. The molecule has 1 unspecified atom stereocenters. The molecule has 2 aromatic rings. The largest absolute Gasteiger partial charge is 0.480 e. The lowest BCUT2D eigenvalue weighted by Gasteiger charge is -2.35. The summed E-state index contributed by atoms with van der Waals surface area (Å²) in [5, 5.41) is 13.5. The molecule has 2 heterocycles. The smallest absolute Gasteiger partial charge is 0.326 e. The molecule has 7 heteroatoms. The average Bonchev–Trinajstić information content (AvgIpc) is 2.96. The van der Waals surface area contributed by atoms with Crippen molar-refractivity contribution in [1.29, 1.82) is 0 Å². The number of rotatable bonds is 3. The fourth-order valence-corrected chi connectivity index (χ4v) is 4.55. The third kappa shape index (κ3) is 2.85. The number of amidine groups is 1. The molecular formula is C20H18BrN3O2S. The molecule has 138 valence electrons. The van der Waals surface area contributed by atoms with Crippen LogP contribution in [0.5, 0.6) is 0 Å². The predicted molar refractivity (Wildman–Crippen MR) is 112 cm³/mol. The molecular weight excluding hydrogens is 426 g/mol. The van der Waals surface area contributed by atoms with Gasteiger partial charge in [-0.25, -0.2) is 4.79 Å². The van der Waals surface area contributed by atoms with Crippen LogP contribution in [0, 0.1) is 6.92 Å². The van der Waals surface area contributed by atoms with Gasteiger partial charge < -0.3 is 10.4 Å². The fourth-order valence-electron chi connectivity index (χ4n) is 3.79. The molecule has 5 nitrogen and oxygen atoms in total. The molecule has 1 saturated heterocycles. The summed E-state index contributed by atoms with van der Waals surface area (Å²) in [6.07, 6.45) is 0.434. The van der Waals surface area contributed by atoms with E-state index in [4.69, 9.17) is 17.2 Å². The lowest BCUT2D eigenvalue weighted by molar-refractivity contribution is -0.141. The molecule has 2 aliphatic rings. The maximum Gasteiger partial charge on any atom is 0.326 e. The molecule has 0 saturated carbocycles. The molecule has 0 aromatic heterocycles. The molecule has 27 heavy (non-hydrogen) atoms. The number of carboxylic acids is 1. The highest BCUT2D eigenvalue weighted by molar-refractivity contribution is 9.10. The van der Waals surface area contributed by atoms with Gasteiger partial charge in [0.05, 0.1) is 0 Å². The van der Waals surface area contributed by atoms with Crippen LogP contribution in [0.2, 0.25) is 0 Å². The molecule has 0 aliphatic carbocycles. The number of carboxylic acid groups (broad SMARTS) is 1. The highest BCUT2D eigenvalue weighted by Crippen LogP contribution is 2.40. The Hall–Kier alpha value is -2.25. The van der Waals surface area contributed by atoms with Gasteiger partial charge in [-0.3, -0.25) is 9.89 Å². The van der Waals surface area contributed by atoms with Crippen molar-refractivity contribution in [2.45, 2.75) is 24.9 Å². The number of benzene rings is 2. The molecule has 0 radical (unpaired) electrons. The van der Waals surface area contributed by atoms with Gasteiger partial charge in [0.2, 0.25) is 0 Å². The fraction of sp³-hybridized carbons (Fsp3) is 0.250. The van der Waals surface area contributed by atoms with Gasteiger partial charge in [-0.1, -0.05) is 57.9 Å². The summed E-state index contributed by atoms with van der Waals surface area (Å²) in [4.78, 5) is 18.2. The lowest BCUT2D eigenvalue weighted by Crippen LogP contribution is -2.51. The summed E-state index contributed by atoms with van der Waals surface area (Å²) in [5.74, 6) is -0.242. The van der Waals surface area contributed by atoms with Gasteiger partial charge in [0.25, 0.3) is 0 Å². The van der Waals surface area contributed by atoms with E-state index < -0.39 is 17.6 Å². The number of fused-ring (bicyclic) bond motifs is 1. The maximum atomic E-state index is 11.8. The Morgan fingerprint density at radius 1 is 1.30 bits per heavy atom. The quantitative estimate of drug-likeness (QED) is 0.711. The summed E-state index contributed by atoms with van der Waals surface area (Å²) in [6, 6.07) is 15.4. The molecule has 0 spiro atoms. The second-order valence-corrected chi connectivity index (χ2v) is 8.08. The highest BCUT2D eigenvalue weighted by atomic mass is 79.9. The van der Waals surface area contributed by atoms with Crippen LogP contribution in [0.4, 0.5) is 0 Å². The minimum absolute atomic E-state index is 0.390. The molecule has 2 aromatic carbocycles. The summed E-state index contributed by atoms with van der Waals surface area (Å²) in [6.45, 7) is 2.49. The third-order valence-corrected chi connectivity index (χ3v) is 5.87. The first-order chi connectivity index (χ1) is 12.9. The van der Waals surface area contributed by atoms with Gasteiger partial charge in [-0.15, -0.1) is 0 Å². The zero-order chi connectivity index (χ0) is 19.2. The molecule has 1 fully saturated rings. The maximum absolute atomic E-state index is 11.8. The van der Waals surface area contributed by atoms with Crippen LogP contribution in [0.15, 0.2) is 58.0 Å². The topological polar surface area (TPSA) is 64.9 Å². The van der Waals surface area contributed by atoms with Crippen LogP contribution >= 0.6 is 28.1 Å². The number of hydrogen-bond acceptors (Lipinski definition) is 3. The Balaban J connectivity index is 1.97. The summed E-state index contributed by atoms with van der Waals surface area (Å²) >= 11 is 9.13. The number of aliphatic imine (C=N–C) groups is 1.